The second-order valence-corrected chi connectivity index (χ2v) is 8.10. The lowest BCUT2D eigenvalue weighted by molar-refractivity contribution is 0.0467. The number of nitrogens with zero attached hydrogens (tertiary/aromatic N) is 2. The zero-order valence-corrected chi connectivity index (χ0v) is 19.7. The topological polar surface area (TPSA) is 88.4 Å². The number of benzene rings is 2. The van der Waals surface area contributed by atoms with Gasteiger partial charge in [0.1, 0.15) is 25.6 Å². The standard InChI is InChI=1S/C25H24N2O6S/c1-3-30-22-13-18(9-10-21(22)32-12-11-31-20-7-5-4-6-8-20)24(29)33-15-19-14-23(28)27-17(2)16-34-25(27)26-19/h4-10,13-14,16H,3,11-12,15H2,1-2H3. The maximum atomic E-state index is 12.6. The summed E-state index contributed by atoms with van der Waals surface area (Å²) in [6.45, 7) is 4.65. The first kappa shape index (κ1) is 23.3. The minimum atomic E-state index is -0.552. The molecule has 0 unspecified atom stereocenters. The molecule has 34 heavy (non-hydrogen) atoms. The van der Waals surface area contributed by atoms with E-state index in [0.717, 1.165) is 11.4 Å². The third-order valence-electron chi connectivity index (χ3n) is 4.81. The molecule has 0 fully saturated rings. The van der Waals surface area contributed by atoms with Crippen LogP contribution in [0.1, 0.15) is 28.7 Å². The van der Waals surface area contributed by atoms with E-state index in [4.69, 9.17) is 18.9 Å². The second-order valence-electron chi connectivity index (χ2n) is 7.26. The summed E-state index contributed by atoms with van der Waals surface area (Å²) >= 11 is 1.36. The van der Waals surface area contributed by atoms with Crippen LogP contribution in [0, 0.1) is 6.92 Å². The highest BCUT2D eigenvalue weighted by Gasteiger charge is 2.14. The van der Waals surface area contributed by atoms with E-state index in [1.54, 1.807) is 18.2 Å². The van der Waals surface area contributed by atoms with E-state index in [1.807, 2.05) is 49.6 Å². The molecule has 9 heteroatoms. The van der Waals surface area contributed by atoms with Gasteiger partial charge in [0.05, 0.1) is 17.9 Å². The third kappa shape index (κ3) is 5.55. The Morgan fingerprint density at radius 1 is 1.00 bits per heavy atom. The Kier molecular flexibility index (Phi) is 7.44. The molecule has 0 amide bonds. The first-order valence-corrected chi connectivity index (χ1v) is 11.6. The zero-order chi connectivity index (χ0) is 23.9. The molecule has 0 spiro atoms. The van der Waals surface area contributed by atoms with Gasteiger partial charge in [-0.25, -0.2) is 9.78 Å². The number of aryl methyl sites for hydroxylation is 1. The largest absolute Gasteiger partial charge is 0.490 e. The van der Waals surface area contributed by atoms with E-state index in [-0.39, 0.29) is 12.2 Å². The van der Waals surface area contributed by atoms with Gasteiger partial charge in [-0.15, -0.1) is 11.3 Å². The maximum Gasteiger partial charge on any atom is 0.338 e. The molecule has 0 bridgehead atoms. The molecule has 4 rings (SSSR count). The number of ether oxygens (including phenoxy) is 4. The fourth-order valence-corrected chi connectivity index (χ4v) is 4.14. The van der Waals surface area contributed by atoms with Crippen molar-refractivity contribution in [3.05, 3.63) is 87.3 Å². The number of hydrogen-bond acceptors (Lipinski definition) is 8. The predicted octanol–water partition coefficient (Wildman–Crippen LogP) is 4.28. The number of hydrogen-bond donors (Lipinski definition) is 0. The van der Waals surface area contributed by atoms with Gasteiger partial charge in [0.2, 0.25) is 0 Å². The number of carbonyl (C=O) groups excluding carboxylic acids is 1. The van der Waals surface area contributed by atoms with Gasteiger partial charge in [0.15, 0.2) is 16.5 Å². The number of rotatable bonds is 10. The van der Waals surface area contributed by atoms with Crippen LogP contribution in [0.3, 0.4) is 0 Å². The Labute approximate surface area is 200 Å². The highest BCUT2D eigenvalue weighted by atomic mass is 32.1. The summed E-state index contributed by atoms with van der Waals surface area (Å²) in [7, 11) is 0. The normalized spacial score (nSPS) is 10.8. The van der Waals surface area contributed by atoms with Crippen molar-refractivity contribution in [3.63, 3.8) is 0 Å². The van der Waals surface area contributed by atoms with Gasteiger partial charge < -0.3 is 18.9 Å². The first-order chi connectivity index (χ1) is 16.5. The van der Waals surface area contributed by atoms with Crippen molar-refractivity contribution in [3.8, 4) is 17.2 Å². The molecule has 8 nitrogen and oxygen atoms in total. The van der Waals surface area contributed by atoms with E-state index in [9.17, 15) is 9.59 Å². The quantitative estimate of drug-likeness (QED) is 0.247. The molecular weight excluding hydrogens is 456 g/mol. The number of aromatic nitrogens is 2. The van der Waals surface area contributed by atoms with Gasteiger partial charge in [-0.05, 0) is 44.2 Å². The molecule has 176 valence electrons. The summed E-state index contributed by atoms with van der Waals surface area (Å²) in [5, 5.41) is 1.85. The molecule has 2 aromatic carbocycles. The third-order valence-corrected chi connectivity index (χ3v) is 5.76. The van der Waals surface area contributed by atoms with Crippen LogP contribution in [0.4, 0.5) is 0 Å². The Morgan fingerprint density at radius 2 is 1.79 bits per heavy atom. The van der Waals surface area contributed by atoms with Gasteiger partial charge in [-0.3, -0.25) is 9.20 Å². The predicted molar refractivity (Wildman–Crippen MR) is 128 cm³/mol. The van der Waals surface area contributed by atoms with E-state index in [0.29, 0.717) is 47.5 Å². The molecule has 2 aromatic heterocycles. The smallest absolute Gasteiger partial charge is 0.338 e. The summed E-state index contributed by atoms with van der Waals surface area (Å²) < 4.78 is 24.0. The molecule has 0 atom stereocenters. The Morgan fingerprint density at radius 3 is 2.59 bits per heavy atom. The minimum absolute atomic E-state index is 0.111. The number of thiazole rings is 1. The Balaban J connectivity index is 1.37. The van der Waals surface area contributed by atoms with Gasteiger partial charge >= 0.3 is 5.97 Å². The molecular formula is C25H24N2O6S. The highest BCUT2D eigenvalue weighted by molar-refractivity contribution is 7.15. The van der Waals surface area contributed by atoms with Crippen molar-refractivity contribution >= 4 is 22.3 Å². The van der Waals surface area contributed by atoms with Crippen LogP contribution < -0.4 is 19.8 Å². The van der Waals surface area contributed by atoms with E-state index >= 15 is 0 Å². The van der Waals surface area contributed by atoms with Gasteiger partial charge in [-0.2, -0.15) is 0 Å². The van der Waals surface area contributed by atoms with Gasteiger partial charge in [-0.1, -0.05) is 18.2 Å². The molecule has 4 aromatic rings. The lowest BCUT2D eigenvalue weighted by Crippen LogP contribution is -2.16. The summed E-state index contributed by atoms with van der Waals surface area (Å²) in [6.07, 6.45) is 0. The number of carbonyl (C=O) groups is 1. The average molecular weight is 481 g/mol. The lowest BCUT2D eigenvalue weighted by atomic mass is 10.2. The van der Waals surface area contributed by atoms with Crippen molar-refractivity contribution in [1.82, 2.24) is 9.38 Å². The molecule has 0 radical (unpaired) electrons. The Bertz CT molecular complexity index is 1330. The van der Waals surface area contributed by atoms with E-state index in [2.05, 4.69) is 4.98 Å². The monoisotopic (exact) mass is 480 g/mol. The molecule has 2 heterocycles. The SMILES string of the molecule is CCOc1cc(C(=O)OCc2cc(=O)n3c(C)csc3n2)ccc1OCCOc1ccccc1. The maximum absolute atomic E-state index is 12.6. The summed E-state index contributed by atoms with van der Waals surface area (Å²) in [5.74, 6) is 1.15. The molecule has 0 aliphatic carbocycles. The van der Waals surface area contributed by atoms with Crippen molar-refractivity contribution in [2.75, 3.05) is 19.8 Å². The van der Waals surface area contributed by atoms with Crippen LogP contribution in [0.5, 0.6) is 17.2 Å². The molecule has 0 saturated carbocycles. The van der Waals surface area contributed by atoms with E-state index in [1.165, 1.54) is 21.8 Å². The van der Waals surface area contributed by atoms with Gasteiger partial charge in [0.25, 0.3) is 5.56 Å². The Hall–Kier alpha value is -3.85. The fraction of sp³-hybridized carbons (Fsp3) is 0.240. The highest BCUT2D eigenvalue weighted by Crippen LogP contribution is 2.29. The number of para-hydroxylation sites is 1. The fourth-order valence-electron chi connectivity index (χ4n) is 3.25. The van der Waals surface area contributed by atoms with Crippen molar-refractivity contribution in [2.24, 2.45) is 0 Å². The molecule has 0 aliphatic heterocycles. The summed E-state index contributed by atoms with van der Waals surface area (Å²) in [5.41, 5.74) is 1.31. The van der Waals surface area contributed by atoms with Crippen LogP contribution in [-0.4, -0.2) is 35.2 Å². The lowest BCUT2D eigenvalue weighted by Gasteiger charge is -2.14. The van der Waals surface area contributed by atoms with Crippen LogP contribution >= 0.6 is 11.3 Å². The van der Waals surface area contributed by atoms with Gasteiger partial charge in [0, 0.05) is 17.1 Å². The zero-order valence-electron chi connectivity index (χ0n) is 18.9. The minimum Gasteiger partial charge on any atom is -0.490 e. The molecule has 0 saturated heterocycles. The number of esters is 1. The van der Waals surface area contributed by atoms with E-state index < -0.39 is 5.97 Å². The molecule has 0 aliphatic rings. The first-order valence-electron chi connectivity index (χ1n) is 10.8. The summed E-state index contributed by atoms with van der Waals surface area (Å²) in [6, 6.07) is 15.7. The van der Waals surface area contributed by atoms with Crippen LogP contribution in [0.2, 0.25) is 0 Å². The molecule has 0 N–H and O–H groups in total. The summed E-state index contributed by atoms with van der Waals surface area (Å²) in [4.78, 5) is 29.9. The van der Waals surface area contributed by atoms with Crippen molar-refractivity contribution in [1.29, 1.82) is 0 Å². The average Bonchev–Trinajstić information content (AvgIpc) is 3.23. The van der Waals surface area contributed by atoms with Crippen LogP contribution in [-0.2, 0) is 11.3 Å². The number of fused-ring (bicyclic) bond motifs is 1. The van der Waals surface area contributed by atoms with Crippen molar-refractivity contribution < 1.29 is 23.7 Å². The second kappa shape index (κ2) is 10.8. The van der Waals surface area contributed by atoms with Crippen LogP contribution in [0.25, 0.3) is 4.96 Å². The van der Waals surface area contributed by atoms with Crippen LogP contribution in [0.15, 0.2) is 64.8 Å². The van der Waals surface area contributed by atoms with Crippen molar-refractivity contribution in [2.45, 2.75) is 20.5 Å².